The fraction of sp³-hybridized carbons (Fsp3) is 0.818. The molecule has 0 unspecified atom stereocenters. The molecule has 0 amide bonds. The van der Waals surface area contributed by atoms with Gasteiger partial charge in [-0.25, -0.2) is 0 Å². The Kier molecular flexibility index (Phi) is 6.09. The van der Waals surface area contributed by atoms with Crippen LogP contribution in [0.25, 0.3) is 0 Å². The van der Waals surface area contributed by atoms with Crippen LogP contribution in [0.4, 0.5) is 0 Å². The molecule has 0 heterocycles. The van der Waals surface area contributed by atoms with E-state index >= 15 is 0 Å². The zero-order chi connectivity index (χ0) is 9.56. The first-order chi connectivity index (χ1) is 5.57. The van der Waals surface area contributed by atoms with E-state index in [1.54, 1.807) is 0 Å². The molecule has 0 aromatic rings. The van der Waals surface area contributed by atoms with Gasteiger partial charge in [0.2, 0.25) is 0 Å². The molecule has 72 valence electrons. The van der Waals surface area contributed by atoms with E-state index in [1.807, 2.05) is 0 Å². The van der Waals surface area contributed by atoms with E-state index in [0.717, 1.165) is 17.9 Å². The van der Waals surface area contributed by atoms with E-state index in [1.165, 1.54) is 12.8 Å². The highest BCUT2D eigenvalue weighted by Crippen LogP contribution is 2.17. The maximum absolute atomic E-state index is 8.81. The summed E-state index contributed by atoms with van der Waals surface area (Å²) in [4.78, 5) is 0. The van der Waals surface area contributed by atoms with Crippen molar-refractivity contribution in [3.63, 3.8) is 0 Å². The third-order valence-corrected chi connectivity index (χ3v) is 2.32. The van der Waals surface area contributed by atoms with Crippen molar-refractivity contribution in [1.82, 2.24) is 0 Å². The second-order valence-electron chi connectivity index (χ2n) is 4.04. The van der Waals surface area contributed by atoms with Gasteiger partial charge in [0.15, 0.2) is 0 Å². The summed E-state index contributed by atoms with van der Waals surface area (Å²) in [5.74, 6) is 1.27. The van der Waals surface area contributed by atoms with Crippen LogP contribution in [-0.4, -0.2) is 11.7 Å². The average Bonchev–Trinajstić information content (AvgIpc) is 2.02. The highest BCUT2D eigenvalue weighted by Gasteiger charge is 2.05. The molecule has 0 spiro atoms. The first-order valence-electron chi connectivity index (χ1n) is 4.86. The normalized spacial score (nSPS) is 13.4. The topological polar surface area (TPSA) is 20.2 Å². The average molecular weight is 170 g/mol. The van der Waals surface area contributed by atoms with Gasteiger partial charge in [-0.1, -0.05) is 40.2 Å². The maximum Gasteiger partial charge on any atom is 0.0641 e. The summed E-state index contributed by atoms with van der Waals surface area (Å²) in [6, 6.07) is 0. The van der Waals surface area contributed by atoms with Gasteiger partial charge in [0.25, 0.3) is 0 Å². The van der Waals surface area contributed by atoms with Crippen molar-refractivity contribution in [1.29, 1.82) is 0 Å². The molecular weight excluding hydrogens is 148 g/mol. The Hall–Kier alpha value is -0.300. The number of aliphatic hydroxyl groups is 1. The lowest BCUT2D eigenvalue weighted by atomic mass is 9.95. The summed E-state index contributed by atoms with van der Waals surface area (Å²) in [7, 11) is 0. The smallest absolute Gasteiger partial charge is 0.0641 e. The number of aliphatic hydroxyl groups excluding tert-OH is 1. The fourth-order valence-corrected chi connectivity index (χ4v) is 1.19. The molecule has 12 heavy (non-hydrogen) atoms. The summed E-state index contributed by atoms with van der Waals surface area (Å²) in [5.41, 5.74) is 0.971. The van der Waals surface area contributed by atoms with Crippen LogP contribution in [0, 0.1) is 11.8 Å². The van der Waals surface area contributed by atoms with Crippen LogP contribution < -0.4 is 0 Å². The highest BCUT2D eigenvalue weighted by molar-refractivity contribution is 4.98. The molecule has 0 rings (SSSR count). The minimum Gasteiger partial charge on any atom is -0.392 e. The summed E-state index contributed by atoms with van der Waals surface area (Å²) >= 11 is 0. The van der Waals surface area contributed by atoms with Gasteiger partial charge in [0, 0.05) is 0 Å². The zero-order valence-corrected chi connectivity index (χ0v) is 8.64. The highest BCUT2D eigenvalue weighted by atomic mass is 16.3. The molecule has 0 aliphatic rings. The van der Waals surface area contributed by atoms with Crippen LogP contribution in [0.2, 0.25) is 0 Å². The summed E-state index contributed by atoms with van der Waals surface area (Å²) in [6.07, 6.45) is 3.69. The predicted octanol–water partition coefficient (Wildman–Crippen LogP) is 3.00. The largest absolute Gasteiger partial charge is 0.392 e. The minimum absolute atomic E-state index is 0.142. The van der Waals surface area contributed by atoms with E-state index in [2.05, 4.69) is 27.4 Å². The van der Waals surface area contributed by atoms with Crippen molar-refractivity contribution < 1.29 is 5.11 Å². The Morgan fingerprint density at radius 1 is 1.25 bits per heavy atom. The lowest BCUT2D eigenvalue weighted by Gasteiger charge is -2.12. The van der Waals surface area contributed by atoms with Gasteiger partial charge in [-0.05, 0) is 23.8 Å². The lowest BCUT2D eigenvalue weighted by molar-refractivity contribution is 0.312. The van der Waals surface area contributed by atoms with Crippen LogP contribution in [0.1, 0.15) is 40.0 Å². The molecule has 0 radical (unpaired) electrons. The minimum atomic E-state index is 0.142. The molecule has 0 fully saturated rings. The Balaban J connectivity index is 3.43. The SMILES string of the molecule is C=C(CO)[C@H](C)CCCC(C)C. The van der Waals surface area contributed by atoms with Crippen molar-refractivity contribution in [3.8, 4) is 0 Å². The van der Waals surface area contributed by atoms with Crippen molar-refractivity contribution in [3.05, 3.63) is 12.2 Å². The molecule has 0 aromatic carbocycles. The third-order valence-electron chi connectivity index (χ3n) is 2.32. The summed E-state index contributed by atoms with van der Waals surface area (Å²) in [6.45, 7) is 10.6. The first-order valence-corrected chi connectivity index (χ1v) is 4.86. The molecule has 1 atom stereocenters. The van der Waals surface area contributed by atoms with Gasteiger partial charge >= 0.3 is 0 Å². The molecule has 0 bridgehead atoms. The van der Waals surface area contributed by atoms with Crippen LogP contribution in [0.5, 0.6) is 0 Å². The van der Waals surface area contributed by atoms with E-state index in [0.29, 0.717) is 5.92 Å². The third kappa shape index (κ3) is 5.36. The predicted molar refractivity (Wildman–Crippen MR) is 54.1 cm³/mol. The second kappa shape index (κ2) is 6.24. The molecule has 1 N–H and O–H groups in total. The summed E-state index contributed by atoms with van der Waals surface area (Å²) in [5, 5.41) is 8.81. The molecule has 0 aromatic heterocycles. The van der Waals surface area contributed by atoms with Gasteiger partial charge in [-0.15, -0.1) is 0 Å². The van der Waals surface area contributed by atoms with Gasteiger partial charge in [0.1, 0.15) is 0 Å². The van der Waals surface area contributed by atoms with Gasteiger partial charge < -0.3 is 5.11 Å². The van der Waals surface area contributed by atoms with Crippen LogP contribution in [-0.2, 0) is 0 Å². The van der Waals surface area contributed by atoms with Crippen molar-refractivity contribution in [2.24, 2.45) is 11.8 Å². The number of hydrogen-bond donors (Lipinski definition) is 1. The number of rotatable bonds is 6. The summed E-state index contributed by atoms with van der Waals surface area (Å²) < 4.78 is 0. The van der Waals surface area contributed by atoms with Crippen molar-refractivity contribution >= 4 is 0 Å². The molecule has 1 heteroatoms. The molecule has 0 saturated heterocycles. The van der Waals surface area contributed by atoms with E-state index in [-0.39, 0.29) is 6.61 Å². The molecular formula is C11H22O. The second-order valence-corrected chi connectivity index (χ2v) is 4.04. The van der Waals surface area contributed by atoms with Crippen LogP contribution in [0.3, 0.4) is 0 Å². The van der Waals surface area contributed by atoms with Crippen molar-refractivity contribution in [2.75, 3.05) is 6.61 Å². The Bertz CT molecular complexity index is 127. The van der Waals surface area contributed by atoms with E-state index in [9.17, 15) is 0 Å². The van der Waals surface area contributed by atoms with Crippen LogP contribution in [0.15, 0.2) is 12.2 Å². The van der Waals surface area contributed by atoms with Gasteiger partial charge in [0.05, 0.1) is 6.61 Å². The maximum atomic E-state index is 8.81. The Labute approximate surface area is 76.5 Å². The van der Waals surface area contributed by atoms with Gasteiger partial charge in [-0.2, -0.15) is 0 Å². The van der Waals surface area contributed by atoms with Gasteiger partial charge in [-0.3, -0.25) is 0 Å². The quantitative estimate of drug-likeness (QED) is 0.608. The lowest BCUT2D eigenvalue weighted by Crippen LogP contribution is -2.02. The Morgan fingerprint density at radius 3 is 2.25 bits per heavy atom. The molecule has 0 aliphatic heterocycles. The monoisotopic (exact) mass is 170 g/mol. The fourth-order valence-electron chi connectivity index (χ4n) is 1.19. The van der Waals surface area contributed by atoms with E-state index in [4.69, 9.17) is 5.11 Å². The molecule has 1 nitrogen and oxygen atoms in total. The van der Waals surface area contributed by atoms with Crippen molar-refractivity contribution in [2.45, 2.75) is 40.0 Å². The zero-order valence-electron chi connectivity index (χ0n) is 8.64. The standard InChI is InChI=1S/C11H22O/c1-9(2)6-5-7-10(3)11(4)8-12/h9-10,12H,4-8H2,1-3H3/t10-/m1/s1. The Morgan fingerprint density at radius 2 is 1.83 bits per heavy atom. The molecule has 0 saturated carbocycles. The molecule has 0 aliphatic carbocycles. The van der Waals surface area contributed by atoms with Crippen LogP contribution >= 0.6 is 0 Å². The first kappa shape index (κ1) is 11.7. The number of hydrogen-bond acceptors (Lipinski definition) is 1. The van der Waals surface area contributed by atoms with E-state index < -0.39 is 0 Å².